The van der Waals surface area contributed by atoms with Gasteiger partial charge < -0.3 is 15.3 Å². The van der Waals surface area contributed by atoms with E-state index in [-0.39, 0.29) is 12.5 Å². The molecule has 2 N–H and O–H groups in total. The van der Waals surface area contributed by atoms with E-state index in [1.165, 1.54) is 4.90 Å². The maximum Gasteiger partial charge on any atom is 0.273 e. The quantitative estimate of drug-likeness (QED) is 0.775. The molecule has 0 bridgehead atoms. The smallest absolute Gasteiger partial charge is 0.273 e. The van der Waals surface area contributed by atoms with Crippen LogP contribution in [0.25, 0.3) is 0 Å². The molecular weight excluding hydrogens is 232 g/mol. The zero-order valence-electron chi connectivity index (χ0n) is 11.1. The van der Waals surface area contributed by atoms with Crippen LogP contribution in [-0.2, 0) is 0 Å². The summed E-state index contributed by atoms with van der Waals surface area (Å²) in [6.07, 6.45) is 0.748. The lowest BCUT2D eigenvalue weighted by Gasteiger charge is -2.12. The van der Waals surface area contributed by atoms with E-state index in [0.29, 0.717) is 17.4 Å². The van der Waals surface area contributed by atoms with Crippen molar-refractivity contribution in [2.75, 3.05) is 32.6 Å². The Bertz CT molecular complexity index is 378. The molecule has 0 aromatic carbocycles. The minimum Gasteiger partial charge on any atom is -0.396 e. The summed E-state index contributed by atoms with van der Waals surface area (Å²) in [5, 5.41) is 19.7. The molecule has 1 unspecified atom stereocenters. The fourth-order valence-electron chi connectivity index (χ4n) is 1.37. The van der Waals surface area contributed by atoms with Gasteiger partial charge in [-0.05, 0) is 24.5 Å². The molecule has 1 atom stereocenters. The van der Waals surface area contributed by atoms with Crippen LogP contribution >= 0.6 is 0 Å². The number of nitrogens with one attached hydrogen (secondary N) is 1. The molecule has 6 nitrogen and oxygen atoms in total. The Hall–Kier alpha value is -1.69. The number of rotatable bonds is 6. The molecule has 1 aromatic heterocycles. The van der Waals surface area contributed by atoms with Crippen molar-refractivity contribution in [2.24, 2.45) is 5.92 Å². The van der Waals surface area contributed by atoms with Gasteiger partial charge in [-0.25, -0.2) is 0 Å². The molecule has 0 fully saturated rings. The molecular formula is C12H20N4O2. The van der Waals surface area contributed by atoms with Crippen molar-refractivity contribution in [2.45, 2.75) is 13.3 Å². The van der Waals surface area contributed by atoms with Crippen LogP contribution in [0.1, 0.15) is 23.8 Å². The molecule has 1 heterocycles. The molecule has 0 saturated heterocycles. The van der Waals surface area contributed by atoms with E-state index in [9.17, 15) is 4.79 Å². The highest BCUT2D eigenvalue weighted by atomic mass is 16.3. The van der Waals surface area contributed by atoms with Crippen molar-refractivity contribution in [3.63, 3.8) is 0 Å². The lowest BCUT2D eigenvalue weighted by atomic mass is 10.1. The number of aliphatic hydroxyl groups excluding tert-OH is 1. The predicted molar refractivity (Wildman–Crippen MR) is 69.4 cm³/mol. The fraction of sp³-hybridized carbons (Fsp3) is 0.583. The summed E-state index contributed by atoms with van der Waals surface area (Å²) in [6.45, 7) is 2.95. The highest BCUT2D eigenvalue weighted by Crippen LogP contribution is 2.06. The SMILES string of the molecule is CC(CCO)CNc1ccc(C(=O)N(C)C)nn1. The van der Waals surface area contributed by atoms with E-state index in [1.54, 1.807) is 26.2 Å². The van der Waals surface area contributed by atoms with E-state index in [0.717, 1.165) is 13.0 Å². The Morgan fingerprint density at radius 1 is 1.44 bits per heavy atom. The Labute approximate surface area is 107 Å². The van der Waals surface area contributed by atoms with Gasteiger partial charge in [0.2, 0.25) is 0 Å². The van der Waals surface area contributed by atoms with Gasteiger partial charge >= 0.3 is 0 Å². The first-order valence-electron chi connectivity index (χ1n) is 5.94. The second-order valence-corrected chi connectivity index (χ2v) is 4.50. The largest absolute Gasteiger partial charge is 0.396 e. The lowest BCUT2D eigenvalue weighted by Crippen LogP contribution is -2.23. The molecule has 1 amide bonds. The van der Waals surface area contributed by atoms with Crippen LogP contribution in [0.4, 0.5) is 5.82 Å². The van der Waals surface area contributed by atoms with Gasteiger partial charge in [-0.3, -0.25) is 4.79 Å². The maximum atomic E-state index is 11.6. The van der Waals surface area contributed by atoms with Gasteiger partial charge in [0.15, 0.2) is 5.69 Å². The Morgan fingerprint density at radius 2 is 2.17 bits per heavy atom. The summed E-state index contributed by atoms with van der Waals surface area (Å²) >= 11 is 0. The number of anilines is 1. The first kappa shape index (κ1) is 14.4. The van der Waals surface area contributed by atoms with Crippen LogP contribution in [0, 0.1) is 5.92 Å². The molecule has 1 rings (SSSR count). The average molecular weight is 252 g/mol. The van der Waals surface area contributed by atoms with Crippen LogP contribution in [0.5, 0.6) is 0 Å². The molecule has 0 aliphatic heterocycles. The number of nitrogens with zero attached hydrogens (tertiary/aromatic N) is 3. The standard InChI is InChI=1S/C12H20N4O2/c1-9(6-7-17)8-13-11-5-4-10(14-15-11)12(18)16(2)3/h4-5,9,17H,6-8H2,1-3H3,(H,13,15). The normalized spacial score (nSPS) is 12.0. The van der Waals surface area contributed by atoms with Crippen molar-refractivity contribution < 1.29 is 9.90 Å². The lowest BCUT2D eigenvalue weighted by molar-refractivity contribution is 0.0821. The summed E-state index contributed by atoms with van der Waals surface area (Å²) in [6, 6.07) is 3.38. The Balaban J connectivity index is 2.53. The molecule has 0 aliphatic rings. The first-order chi connectivity index (χ1) is 8.54. The topological polar surface area (TPSA) is 78.4 Å². The van der Waals surface area contributed by atoms with Crippen LogP contribution in [-0.4, -0.2) is 53.4 Å². The fourth-order valence-corrected chi connectivity index (χ4v) is 1.37. The highest BCUT2D eigenvalue weighted by molar-refractivity contribution is 5.91. The highest BCUT2D eigenvalue weighted by Gasteiger charge is 2.10. The third-order valence-corrected chi connectivity index (χ3v) is 2.54. The van der Waals surface area contributed by atoms with Gasteiger partial charge in [-0.1, -0.05) is 6.92 Å². The number of aromatic nitrogens is 2. The molecule has 18 heavy (non-hydrogen) atoms. The van der Waals surface area contributed by atoms with Crippen molar-refractivity contribution in [1.29, 1.82) is 0 Å². The van der Waals surface area contributed by atoms with Gasteiger partial charge in [-0.2, -0.15) is 0 Å². The van der Waals surface area contributed by atoms with Crippen molar-refractivity contribution in [3.8, 4) is 0 Å². The summed E-state index contributed by atoms with van der Waals surface area (Å²) in [4.78, 5) is 13.0. The van der Waals surface area contributed by atoms with Crippen LogP contribution in [0.15, 0.2) is 12.1 Å². The molecule has 100 valence electrons. The van der Waals surface area contributed by atoms with E-state index in [2.05, 4.69) is 15.5 Å². The maximum absolute atomic E-state index is 11.6. The second-order valence-electron chi connectivity index (χ2n) is 4.50. The molecule has 0 aliphatic carbocycles. The van der Waals surface area contributed by atoms with Gasteiger partial charge in [-0.15, -0.1) is 10.2 Å². The van der Waals surface area contributed by atoms with Gasteiger partial charge in [0.1, 0.15) is 5.82 Å². The van der Waals surface area contributed by atoms with Crippen LogP contribution in [0.3, 0.4) is 0 Å². The number of aliphatic hydroxyl groups is 1. The van der Waals surface area contributed by atoms with E-state index in [4.69, 9.17) is 5.11 Å². The zero-order valence-corrected chi connectivity index (χ0v) is 11.1. The van der Waals surface area contributed by atoms with Crippen molar-refractivity contribution in [3.05, 3.63) is 17.8 Å². The number of hydrogen-bond acceptors (Lipinski definition) is 5. The van der Waals surface area contributed by atoms with Gasteiger partial charge in [0.25, 0.3) is 5.91 Å². The van der Waals surface area contributed by atoms with Crippen LogP contribution < -0.4 is 5.32 Å². The summed E-state index contributed by atoms with van der Waals surface area (Å²) in [5.41, 5.74) is 0.328. The number of carbonyl (C=O) groups is 1. The molecule has 0 spiro atoms. The second kappa shape index (κ2) is 6.90. The molecule has 0 radical (unpaired) electrons. The number of carbonyl (C=O) groups excluding carboxylic acids is 1. The molecule has 0 saturated carbocycles. The van der Waals surface area contributed by atoms with Crippen molar-refractivity contribution >= 4 is 11.7 Å². The summed E-state index contributed by atoms with van der Waals surface area (Å²) in [5.74, 6) is 0.831. The third kappa shape index (κ3) is 4.29. The van der Waals surface area contributed by atoms with Crippen LogP contribution in [0.2, 0.25) is 0 Å². The monoisotopic (exact) mass is 252 g/mol. The number of hydrogen-bond donors (Lipinski definition) is 2. The number of amides is 1. The zero-order chi connectivity index (χ0) is 13.5. The summed E-state index contributed by atoms with van der Waals surface area (Å²) in [7, 11) is 3.35. The predicted octanol–water partition coefficient (Wildman–Crippen LogP) is 0.609. The van der Waals surface area contributed by atoms with E-state index < -0.39 is 0 Å². The summed E-state index contributed by atoms with van der Waals surface area (Å²) < 4.78 is 0. The minimum atomic E-state index is -0.164. The average Bonchev–Trinajstić information content (AvgIpc) is 2.36. The van der Waals surface area contributed by atoms with E-state index >= 15 is 0 Å². The van der Waals surface area contributed by atoms with Gasteiger partial charge in [0.05, 0.1) is 0 Å². The molecule has 6 heteroatoms. The Kier molecular flexibility index (Phi) is 5.51. The van der Waals surface area contributed by atoms with E-state index in [1.807, 2.05) is 6.92 Å². The first-order valence-corrected chi connectivity index (χ1v) is 5.94. The van der Waals surface area contributed by atoms with Crippen molar-refractivity contribution in [1.82, 2.24) is 15.1 Å². The molecule has 1 aromatic rings. The Morgan fingerprint density at radius 3 is 2.67 bits per heavy atom. The minimum absolute atomic E-state index is 0.164. The van der Waals surface area contributed by atoms with Gasteiger partial charge in [0, 0.05) is 27.2 Å². The third-order valence-electron chi connectivity index (χ3n) is 2.54.